The van der Waals surface area contributed by atoms with E-state index in [1.165, 1.54) is 44.9 Å². The van der Waals surface area contributed by atoms with Crippen LogP contribution in [0.1, 0.15) is 105 Å². The molecule has 0 rings (SSSR count). The Morgan fingerprint density at radius 2 is 1.12 bits per heavy atom. The van der Waals surface area contributed by atoms with Gasteiger partial charge in [-0.25, -0.2) is 0 Å². The third-order valence-corrected chi connectivity index (χ3v) is 3.94. The first-order chi connectivity index (χ1) is 12.4. The third kappa shape index (κ3) is 19.0. The predicted molar refractivity (Wildman–Crippen MR) is 107 cm³/mol. The van der Waals surface area contributed by atoms with Gasteiger partial charge in [-0.15, -0.1) is 0 Å². The minimum Gasteiger partial charge on any atom is -0.463 e. The van der Waals surface area contributed by atoms with Crippen molar-refractivity contribution < 1.29 is 19.1 Å². The quantitative estimate of drug-likeness (QED) is 0.187. The highest BCUT2D eigenvalue weighted by Crippen LogP contribution is 2.12. The molecule has 0 amide bonds. The summed E-state index contributed by atoms with van der Waals surface area (Å²) < 4.78 is 10.2. The van der Waals surface area contributed by atoms with Gasteiger partial charge in [0.15, 0.2) is 0 Å². The van der Waals surface area contributed by atoms with Gasteiger partial charge >= 0.3 is 11.9 Å². The molecule has 0 atom stereocenters. The molecule has 0 radical (unpaired) electrons. The van der Waals surface area contributed by atoms with E-state index in [9.17, 15) is 9.59 Å². The number of rotatable bonds is 16. The largest absolute Gasteiger partial charge is 0.463 e. The molecule has 0 saturated heterocycles. The summed E-state index contributed by atoms with van der Waals surface area (Å²) in [5.41, 5.74) is 0. The molecule has 152 valence electrons. The van der Waals surface area contributed by atoms with Gasteiger partial charge in [0.25, 0.3) is 0 Å². The molecule has 0 aliphatic rings. The number of hydrogen-bond acceptors (Lipinski definition) is 4. The molecule has 0 N–H and O–H groups in total. The van der Waals surface area contributed by atoms with E-state index in [-0.39, 0.29) is 24.1 Å². The molecular formula is C22H40O4. The highest BCUT2D eigenvalue weighted by molar-refractivity contribution is 5.71. The van der Waals surface area contributed by atoms with E-state index in [0.29, 0.717) is 12.8 Å². The number of ether oxygens (including phenoxy) is 2. The Hall–Kier alpha value is -1.32. The van der Waals surface area contributed by atoms with Gasteiger partial charge in [-0.2, -0.15) is 0 Å². The first kappa shape index (κ1) is 24.7. The lowest BCUT2D eigenvalue weighted by Gasteiger charge is -2.07. The molecule has 0 bridgehead atoms. The van der Waals surface area contributed by atoms with E-state index in [4.69, 9.17) is 9.47 Å². The predicted octanol–water partition coefficient (Wildman–Crippen LogP) is 6.13. The van der Waals surface area contributed by atoms with Crippen LogP contribution in [0.3, 0.4) is 0 Å². The number of allylic oxidation sites excluding steroid dienone is 1. The van der Waals surface area contributed by atoms with Gasteiger partial charge in [0.2, 0.25) is 0 Å². The van der Waals surface area contributed by atoms with Crippen LogP contribution in [0.4, 0.5) is 0 Å². The average Bonchev–Trinajstić information content (AvgIpc) is 2.53. The van der Waals surface area contributed by atoms with Gasteiger partial charge in [0, 0.05) is 6.42 Å². The Morgan fingerprint density at radius 3 is 1.65 bits per heavy atom. The van der Waals surface area contributed by atoms with Crippen LogP contribution in [0.2, 0.25) is 0 Å². The van der Waals surface area contributed by atoms with Gasteiger partial charge in [-0.1, -0.05) is 57.1 Å². The smallest absolute Gasteiger partial charge is 0.309 e. The van der Waals surface area contributed by atoms with Crippen molar-refractivity contribution in [2.24, 2.45) is 0 Å². The standard InChI is InChI=1S/C22H40O4/c1-19(2)25-21(23)17-15-13-11-9-7-5-6-8-10-12-14-16-18-22(24)26-20(3)4/h13,15,19-20H,5-12,14,16-18H2,1-4H3/b15-13+. The lowest BCUT2D eigenvalue weighted by Crippen LogP contribution is -2.10. The molecule has 26 heavy (non-hydrogen) atoms. The van der Waals surface area contributed by atoms with Crippen molar-refractivity contribution in [3.8, 4) is 0 Å². The van der Waals surface area contributed by atoms with Crippen LogP contribution in [0.15, 0.2) is 12.2 Å². The SMILES string of the molecule is CC(C)OC(=O)C/C=C/CCCCCCCCCCCC(=O)OC(C)C. The molecule has 0 spiro atoms. The van der Waals surface area contributed by atoms with E-state index >= 15 is 0 Å². The molecule has 0 aromatic heterocycles. The number of carbonyl (C=O) groups excluding carboxylic acids is 2. The second kappa shape index (κ2) is 17.1. The molecule has 0 aliphatic carbocycles. The Kier molecular flexibility index (Phi) is 16.2. The average molecular weight is 369 g/mol. The summed E-state index contributed by atoms with van der Waals surface area (Å²) in [6, 6.07) is 0. The van der Waals surface area contributed by atoms with E-state index in [2.05, 4.69) is 6.08 Å². The van der Waals surface area contributed by atoms with Crippen LogP contribution in [-0.4, -0.2) is 24.1 Å². The maximum absolute atomic E-state index is 11.4. The molecule has 0 saturated carbocycles. The topological polar surface area (TPSA) is 52.6 Å². The second-order valence-corrected chi connectivity index (χ2v) is 7.47. The van der Waals surface area contributed by atoms with Gasteiger partial charge in [-0.05, 0) is 47.0 Å². The van der Waals surface area contributed by atoms with E-state index < -0.39 is 0 Å². The van der Waals surface area contributed by atoms with Crippen molar-refractivity contribution in [2.45, 2.75) is 117 Å². The molecule has 4 nitrogen and oxygen atoms in total. The van der Waals surface area contributed by atoms with Crippen LogP contribution in [0.25, 0.3) is 0 Å². The van der Waals surface area contributed by atoms with Crippen molar-refractivity contribution in [2.75, 3.05) is 0 Å². The fourth-order valence-corrected chi connectivity index (χ4v) is 2.70. The normalized spacial score (nSPS) is 11.5. The summed E-state index contributed by atoms with van der Waals surface area (Å²) in [4.78, 5) is 22.7. The van der Waals surface area contributed by atoms with Crippen molar-refractivity contribution in [1.29, 1.82) is 0 Å². The van der Waals surface area contributed by atoms with Gasteiger partial charge in [-0.3, -0.25) is 9.59 Å². The maximum Gasteiger partial charge on any atom is 0.309 e. The fraction of sp³-hybridized carbons (Fsp3) is 0.818. The molecule has 0 aliphatic heterocycles. The van der Waals surface area contributed by atoms with Crippen molar-refractivity contribution in [3.05, 3.63) is 12.2 Å². The van der Waals surface area contributed by atoms with Crippen LogP contribution in [0.5, 0.6) is 0 Å². The third-order valence-electron chi connectivity index (χ3n) is 3.94. The highest BCUT2D eigenvalue weighted by atomic mass is 16.5. The van der Waals surface area contributed by atoms with E-state index in [0.717, 1.165) is 19.3 Å². The number of unbranched alkanes of at least 4 members (excludes halogenated alkanes) is 9. The van der Waals surface area contributed by atoms with Crippen molar-refractivity contribution in [1.82, 2.24) is 0 Å². The van der Waals surface area contributed by atoms with Gasteiger partial charge < -0.3 is 9.47 Å². The highest BCUT2D eigenvalue weighted by Gasteiger charge is 2.04. The lowest BCUT2D eigenvalue weighted by atomic mass is 10.1. The molecule has 0 aromatic rings. The Balaban J connectivity index is 3.27. The summed E-state index contributed by atoms with van der Waals surface area (Å²) in [5, 5.41) is 0. The minimum absolute atomic E-state index is 0.000580. The zero-order chi connectivity index (χ0) is 19.6. The van der Waals surface area contributed by atoms with Crippen LogP contribution in [-0.2, 0) is 19.1 Å². The summed E-state index contributed by atoms with van der Waals surface area (Å²) in [5.74, 6) is -0.209. The molecule has 0 unspecified atom stereocenters. The van der Waals surface area contributed by atoms with E-state index in [1.807, 2.05) is 33.8 Å². The van der Waals surface area contributed by atoms with Gasteiger partial charge in [0.05, 0.1) is 18.6 Å². The lowest BCUT2D eigenvalue weighted by molar-refractivity contribution is -0.148. The number of carbonyl (C=O) groups is 2. The summed E-state index contributed by atoms with van der Waals surface area (Å²) >= 11 is 0. The molecule has 0 aromatic carbocycles. The first-order valence-corrected chi connectivity index (χ1v) is 10.5. The van der Waals surface area contributed by atoms with Crippen molar-refractivity contribution in [3.63, 3.8) is 0 Å². The fourth-order valence-electron chi connectivity index (χ4n) is 2.70. The summed E-state index contributed by atoms with van der Waals surface area (Å²) in [6.45, 7) is 7.51. The first-order valence-electron chi connectivity index (χ1n) is 10.5. The second-order valence-electron chi connectivity index (χ2n) is 7.47. The number of hydrogen-bond donors (Lipinski definition) is 0. The Bertz CT molecular complexity index is 386. The van der Waals surface area contributed by atoms with Crippen LogP contribution >= 0.6 is 0 Å². The zero-order valence-electron chi connectivity index (χ0n) is 17.4. The molecule has 0 heterocycles. The molecular weight excluding hydrogens is 328 g/mol. The van der Waals surface area contributed by atoms with Gasteiger partial charge in [0.1, 0.15) is 0 Å². The number of esters is 2. The van der Waals surface area contributed by atoms with Crippen LogP contribution < -0.4 is 0 Å². The summed E-state index contributed by atoms with van der Waals surface area (Å²) in [6.07, 6.45) is 16.8. The molecule has 4 heteroatoms. The van der Waals surface area contributed by atoms with Crippen LogP contribution in [0, 0.1) is 0 Å². The summed E-state index contributed by atoms with van der Waals surface area (Å²) in [7, 11) is 0. The van der Waals surface area contributed by atoms with Crippen molar-refractivity contribution >= 4 is 11.9 Å². The monoisotopic (exact) mass is 368 g/mol. The Labute approximate surface area is 160 Å². The maximum atomic E-state index is 11.4. The Morgan fingerprint density at radius 1 is 0.654 bits per heavy atom. The van der Waals surface area contributed by atoms with E-state index in [1.54, 1.807) is 0 Å². The zero-order valence-corrected chi connectivity index (χ0v) is 17.4. The minimum atomic E-state index is -0.145. The molecule has 0 fully saturated rings.